The van der Waals surface area contributed by atoms with E-state index in [0.29, 0.717) is 37.8 Å². The largest absolute Gasteiger partial charge is 0.475 e. The van der Waals surface area contributed by atoms with Crippen molar-refractivity contribution in [2.45, 2.75) is 25.5 Å². The van der Waals surface area contributed by atoms with Gasteiger partial charge in [0.1, 0.15) is 12.7 Å². The highest BCUT2D eigenvalue weighted by molar-refractivity contribution is 5.94. The number of nitrogens with zero attached hydrogens (tertiary/aromatic N) is 2. The number of benzene rings is 2. The van der Waals surface area contributed by atoms with Crippen LogP contribution in [-0.2, 0) is 22.4 Å². The number of aryl methyl sites for hydroxylation is 1. The summed E-state index contributed by atoms with van der Waals surface area (Å²) in [5, 5.41) is 2.64. The van der Waals surface area contributed by atoms with Crippen molar-refractivity contribution in [2.24, 2.45) is 0 Å². The van der Waals surface area contributed by atoms with E-state index >= 15 is 0 Å². The van der Waals surface area contributed by atoms with Gasteiger partial charge >= 0.3 is 5.69 Å². The van der Waals surface area contributed by atoms with E-state index in [2.05, 4.69) is 22.4 Å². The van der Waals surface area contributed by atoms with Gasteiger partial charge in [-0.15, -0.1) is 0 Å². The number of amides is 1. The summed E-state index contributed by atoms with van der Waals surface area (Å²) in [5.74, 6) is 0.192. The zero-order valence-electron chi connectivity index (χ0n) is 19.1. The average Bonchev–Trinajstić information content (AvgIpc) is 3.07. The van der Waals surface area contributed by atoms with E-state index in [0.717, 1.165) is 35.2 Å². The van der Waals surface area contributed by atoms with Crippen LogP contribution < -0.4 is 15.7 Å². The molecule has 1 unspecified atom stereocenters. The van der Waals surface area contributed by atoms with Gasteiger partial charge in [-0.25, -0.2) is 4.79 Å². The number of carbonyl (C=O) groups is 1. The van der Waals surface area contributed by atoms with E-state index in [1.54, 1.807) is 11.6 Å². The number of hydrogen-bond acceptors (Lipinski definition) is 6. The van der Waals surface area contributed by atoms with E-state index < -0.39 is 0 Å². The van der Waals surface area contributed by atoms with Crippen LogP contribution in [0.25, 0.3) is 22.4 Å². The highest BCUT2D eigenvalue weighted by atomic mass is 16.6. The second-order valence-corrected chi connectivity index (χ2v) is 8.42. The molecular formula is C26H27N3O5. The van der Waals surface area contributed by atoms with Gasteiger partial charge in [0.05, 0.1) is 25.5 Å². The number of ether oxygens (including phenoxy) is 3. The van der Waals surface area contributed by atoms with Gasteiger partial charge in [0.25, 0.3) is 5.91 Å². The zero-order valence-corrected chi connectivity index (χ0v) is 19.1. The second kappa shape index (κ2) is 9.79. The summed E-state index contributed by atoms with van der Waals surface area (Å²) in [4.78, 5) is 28.7. The van der Waals surface area contributed by atoms with Crippen LogP contribution in [0.2, 0.25) is 0 Å². The summed E-state index contributed by atoms with van der Waals surface area (Å²) >= 11 is 0. The molecule has 1 saturated heterocycles. The molecule has 8 heteroatoms. The fourth-order valence-electron chi connectivity index (χ4n) is 4.43. The molecule has 34 heavy (non-hydrogen) atoms. The Morgan fingerprint density at radius 3 is 2.74 bits per heavy atom. The minimum Gasteiger partial charge on any atom is -0.475 e. The zero-order chi connectivity index (χ0) is 23.5. The Balaban J connectivity index is 1.44. The van der Waals surface area contributed by atoms with Crippen LogP contribution in [0.1, 0.15) is 22.3 Å². The quantitative estimate of drug-likeness (QED) is 0.628. The summed E-state index contributed by atoms with van der Waals surface area (Å²) in [6.45, 7) is 2.49. The minimum atomic E-state index is -0.310. The molecule has 0 saturated carbocycles. The first-order chi connectivity index (χ1) is 16.6. The molecule has 0 spiro atoms. The molecule has 8 nitrogen and oxygen atoms in total. The minimum absolute atomic E-state index is 0.107. The maximum absolute atomic E-state index is 12.8. The van der Waals surface area contributed by atoms with Gasteiger partial charge in [0.15, 0.2) is 0 Å². The first kappa shape index (κ1) is 22.3. The highest BCUT2D eigenvalue weighted by Gasteiger charge is 2.20. The van der Waals surface area contributed by atoms with Gasteiger partial charge in [0, 0.05) is 30.8 Å². The molecule has 1 N–H and O–H groups in total. The van der Waals surface area contributed by atoms with Gasteiger partial charge < -0.3 is 19.5 Å². The van der Waals surface area contributed by atoms with Crippen molar-refractivity contribution in [3.63, 3.8) is 0 Å². The average molecular weight is 462 g/mol. The lowest BCUT2D eigenvalue weighted by Gasteiger charge is -2.22. The molecule has 176 valence electrons. The van der Waals surface area contributed by atoms with Crippen LogP contribution in [0.4, 0.5) is 0 Å². The summed E-state index contributed by atoms with van der Waals surface area (Å²) in [5.41, 5.74) is 5.40. The predicted octanol–water partition coefficient (Wildman–Crippen LogP) is 2.68. The topological polar surface area (TPSA) is 91.7 Å². The number of fused-ring (bicyclic) bond motifs is 3. The third-order valence-corrected chi connectivity index (χ3v) is 6.21. The molecule has 1 atom stereocenters. The van der Waals surface area contributed by atoms with Gasteiger partial charge in [-0.1, -0.05) is 30.3 Å². The standard InChI is InChI=1S/C26H27N3O5/c1-27-25(30)18-6-4-17(5-7-18)19-8-9-22-20(13-19)3-2-10-29-23(22)14-24(28-26(29)31)34-16-21-15-32-11-12-33-21/h4-9,13-14,21H,2-3,10-12,15-16H2,1H3,(H,27,30). The van der Waals surface area contributed by atoms with Crippen LogP contribution in [0.3, 0.4) is 0 Å². The first-order valence-electron chi connectivity index (χ1n) is 11.5. The van der Waals surface area contributed by atoms with Crippen molar-refractivity contribution in [1.82, 2.24) is 14.9 Å². The SMILES string of the molecule is CNC(=O)c1ccc(-c2ccc3c(c2)CCCn2c-3cc(OCC3COCCO3)nc2=O)cc1. The number of hydrogen-bond donors (Lipinski definition) is 1. The van der Waals surface area contributed by atoms with Crippen LogP contribution in [-0.4, -0.2) is 55.0 Å². The van der Waals surface area contributed by atoms with Crippen LogP contribution >= 0.6 is 0 Å². The summed E-state index contributed by atoms with van der Waals surface area (Å²) in [6, 6.07) is 15.7. The fraction of sp³-hybridized carbons (Fsp3) is 0.346. The van der Waals surface area contributed by atoms with Crippen molar-refractivity contribution >= 4 is 5.91 Å². The van der Waals surface area contributed by atoms with Crippen LogP contribution in [0, 0.1) is 0 Å². The third-order valence-electron chi connectivity index (χ3n) is 6.21. The Labute approximate surface area is 197 Å². The molecule has 5 rings (SSSR count). The molecule has 1 aromatic heterocycles. The van der Waals surface area contributed by atoms with Gasteiger partial charge in [-0.05, 0) is 41.7 Å². The van der Waals surface area contributed by atoms with Gasteiger partial charge in [-0.2, -0.15) is 4.98 Å². The summed E-state index contributed by atoms with van der Waals surface area (Å²) < 4.78 is 18.6. The second-order valence-electron chi connectivity index (χ2n) is 8.42. The van der Waals surface area contributed by atoms with Gasteiger partial charge in [-0.3, -0.25) is 9.36 Å². The Bertz CT molecular complexity index is 1250. The fourth-order valence-corrected chi connectivity index (χ4v) is 4.43. The number of aromatic nitrogens is 2. The Morgan fingerprint density at radius 1 is 1.15 bits per heavy atom. The molecule has 3 heterocycles. The highest BCUT2D eigenvalue weighted by Crippen LogP contribution is 2.33. The number of nitrogens with one attached hydrogen (secondary N) is 1. The molecule has 0 aliphatic carbocycles. The molecule has 1 fully saturated rings. The molecule has 3 aromatic rings. The first-order valence-corrected chi connectivity index (χ1v) is 11.5. The summed E-state index contributed by atoms with van der Waals surface area (Å²) in [7, 11) is 1.62. The van der Waals surface area contributed by atoms with E-state index in [4.69, 9.17) is 14.2 Å². The van der Waals surface area contributed by atoms with Crippen molar-refractivity contribution in [3.8, 4) is 28.3 Å². The number of rotatable bonds is 5. The van der Waals surface area contributed by atoms with Crippen LogP contribution in [0.5, 0.6) is 5.88 Å². The molecule has 0 bridgehead atoms. The van der Waals surface area contributed by atoms with E-state index in [1.807, 2.05) is 36.4 Å². The monoisotopic (exact) mass is 461 g/mol. The normalized spacial score (nSPS) is 17.3. The third kappa shape index (κ3) is 4.60. The lowest BCUT2D eigenvalue weighted by Crippen LogP contribution is -2.34. The predicted molar refractivity (Wildman–Crippen MR) is 127 cm³/mol. The maximum Gasteiger partial charge on any atom is 0.351 e. The molecule has 2 aliphatic heterocycles. The lowest BCUT2D eigenvalue weighted by molar-refractivity contribution is -0.102. The smallest absolute Gasteiger partial charge is 0.351 e. The van der Waals surface area contributed by atoms with Crippen molar-refractivity contribution in [3.05, 3.63) is 70.1 Å². The molecular weight excluding hydrogens is 434 g/mol. The Morgan fingerprint density at radius 2 is 1.97 bits per heavy atom. The van der Waals surface area contributed by atoms with Crippen LogP contribution in [0.15, 0.2) is 53.3 Å². The van der Waals surface area contributed by atoms with E-state index in [1.165, 1.54) is 5.56 Å². The number of carbonyl (C=O) groups excluding carboxylic acids is 1. The van der Waals surface area contributed by atoms with Crippen molar-refractivity contribution < 1.29 is 19.0 Å². The molecule has 2 aliphatic rings. The van der Waals surface area contributed by atoms with Crippen molar-refractivity contribution in [2.75, 3.05) is 33.5 Å². The van der Waals surface area contributed by atoms with E-state index in [9.17, 15) is 9.59 Å². The van der Waals surface area contributed by atoms with Gasteiger partial charge in [0.2, 0.25) is 5.88 Å². The Hall–Kier alpha value is -3.49. The summed E-state index contributed by atoms with van der Waals surface area (Å²) in [6.07, 6.45) is 1.53. The van der Waals surface area contributed by atoms with E-state index in [-0.39, 0.29) is 24.3 Å². The van der Waals surface area contributed by atoms with Crippen molar-refractivity contribution in [1.29, 1.82) is 0 Å². The molecule has 2 aromatic carbocycles. The molecule has 1 amide bonds. The Kier molecular flexibility index (Phi) is 6.42. The lowest BCUT2D eigenvalue weighted by atomic mass is 9.95. The maximum atomic E-state index is 12.8. The molecule has 0 radical (unpaired) electrons.